The molecule has 1 aliphatic heterocycles. The monoisotopic (exact) mass is 322 g/mol. The summed E-state index contributed by atoms with van der Waals surface area (Å²) in [6, 6.07) is 0. The van der Waals surface area contributed by atoms with Gasteiger partial charge in [0, 0.05) is 6.54 Å². The van der Waals surface area contributed by atoms with Gasteiger partial charge in [-0.3, -0.25) is 4.79 Å². The average Bonchev–Trinajstić information content (AvgIpc) is 2.86. The van der Waals surface area contributed by atoms with E-state index in [0.29, 0.717) is 4.52 Å². The maximum absolute atomic E-state index is 13.7. The van der Waals surface area contributed by atoms with Crippen molar-refractivity contribution in [1.82, 2.24) is 14.6 Å². The van der Waals surface area contributed by atoms with Crippen molar-refractivity contribution in [2.45, 2.75) is 18.5 Å². The van der Waals surface area contributed by atoms with Gasteiger partial charge in [-0.1, -0.05) is 11.6 Å². The molecule has 1 amide bonds. The molecule has 1 aliphatic rings. The molecule has 0 N–H and O–H groups in total. The van der Waals surface area contributed by atoms with Crippen molar-refractivity contribution in [3.05, 3.63) is 22.9 Å². The van der Waals surface area contributed by atoms with Gasteiger partial charge in [-0.2, -0.15) is 22.7 Å². The number of hydrogen-bond donors (Lipinski definition) is 0. The summed E-state index contributed by atoms with van der Waals surface area (Å²) in [5.74, 6) is -1.01. The van der Waals surface area contributed by atoms with Crippen LogP contribution in [0.3, 0.4) is 0 Å². The molecule has 112 valence electrons. The number of fused-ring (bicyclic) bond motifs is 3. The Morgan fingerprint density at radius 3 is 2.71 bits per heavy atom. The largest absolute Gasteiger partial charge is 0.401 e. The second-order valence-electron chi connectivity index (χ2n) is 4.90. The Hall–Kier alpha value is -1.90. The molecule has 0 spiro atoms. The van der Waals surface area contributed by atoms with E-state index in [2.05, 4.69) is 10.1 Å². The van der Waals surface area contributed by atoms with Crippen LogP contribution >= 0.6 is 11.6 Å². The van der Waals surface area contributed by atoms with Crippen molar-refractivity contribution in [2.75, 3.05) is 11.4 Å². The van der Waals surface area contributed by atoms with E-state index >= 15 is 0 Å². The van der Waals surface area contributed by atoms with E-state index < -0.39 is 34.8 Å². The Morgan fingerprint density at radius 1 is 1.48 bits per heavy atom. The number of carbonyl (C=O) groups is 1. The molecule has 2 aromatic rings. The quantitative estimate of drug-likeness (QED) is 0.598. The van der Waals surface area contributed by atoms with E-state index in [1.54, 1.807) is 0 Å². The summed E-state index contributed by atoms with van der Waals surface area (Å²) in [4.78, 5) is 15.5. The number of carbonyl (C=O) groups excluding carboxylic acids is 1. The van der Waals surface area contributed by atoms with Crippen LogP contribution in [0.1, 0.15) is 12.6 Å². The first kappa shape index (κ1) is 14.1. The summed E-state index contributed by atoms with van der Waals surface area (Å²) < 4.78 is 54.7. The lowest BCUT2D eigenvalue weighted by molar-refractivity contribution is -0.181. The van der Waals surface area contributed by atoms with Crippen LogP contribution in [0.5, 0.6) is 0 Å². The summed E-state index contributed by atoms with van der Waals surface area (Å²) in [5, 5.41) is 2.99. The average molecular weight is 323 g/mol. The zero-order valence-corrected chi connectivity index (χ0v) is 11.2. The molecule has 10 heteroatoms. The highest BCUT2D eigenvalue weighted by Crippen LogP contribution is 2.49. The lowest BCUT2D eigenvalue weighted by Gasteiger charge is -2.27. The van der Waals surface area contributed by atoms with Crippen molar-refractivity contribution >= 4 is 29.3 Å². The molecule has 0 bridgehead atoms. The number of nitrogens with zero attached hydrogens (tertiary/aromatic N) is 4. The van der Waals surface area contributed by atoms with Gasteiger partial charge in [-0.25, -0.2) is 9.50 Å². The lowest BCUT2D eigenvalue weighted by Crippen LogP contribution is -2.44. The van der Waals surface area contributed by atoms with Gasteiger partial charge in [0.2, 0.25) is 12.2 Å². The number of amides is 1. The molecule has 1 unspecified atom stereocenters. The molecule has 0 saturated heterocycles. The van der Waals surface area contributed by atoms with Crippen LogP contribution < -0.4 is 4.90 Å². The second-order valence-corrected chi connectivity index (χ2v) is 5.25. The van der Waals surface area contributed by atoms with E-state index in [-0.39, 0.29) is 17.8 Å². The van der Waals surface area contributed by atoms with Crippen LogP contribution in [0.2, 0.25) is 5.15 Å². The molecular weight excluding hydrogens is 316 g/mol. The molecule has 0 aliphatic carbocycles. The first-order chi connectivity index (χ1) is 9.70. The first-order valence-electron chi connectivity index (χ1n) is 5.72. The van der Waals surface area contributed by atoms with E-state index in [1.807, 2.05) is 0 Å². The van der Waals surface area contributed by atoms with E-state index in [9.17, 15) is 22.4 Å². The predicted molar refractivity (Wildman–Crippen MR) is 64.8 cm³/mol. The van der Waals surface area contributed by atoms with Crippen LogP contribution in [0, 0.1) is 5.82 Å². The van der Waals surface area contributed by atoms with Gasteiger partial charge in [-0.05, 0) is 6.92 Å². The zero-order valence-electron chi connectivity index (χ0n) is 10.4. The van der Waals surface area contributed by atoms with Crippen LogP contribution in [-0.2, 0) is 10.2 Å². The molecule has 0 fully saturated rings. The minimum Gasteiger partial charge on any atom is -0.311 e. The third kappa shape index (κ3) is 1.66. The van der Waals surface area contributed by atoms with Gasteiger partial charge < -0.3 is 4.90 Å². The number of rotatable bonds is 1. The fraction of sp³-hybridized carbons (Fsp3) is 0.364. The normalized spacial score (nSPS) is 21.9. The Labute approximate surface area is 120 Å². The summed E-state index contributed by atoms with van der Waals surface area (Å²) in [7, 11) is 0. The second kappa shape index (κ2) is 4.06. The Morgan fingerprint density at radius 2 is 2.14 bits per heavy atom. The number of aromatic nitrogens is 3. The summed E-state index contributed by atoms with van der Waals surface area (Å²) >= 11 is 5.52. The number of anilines is 1. The van der Waals surface area contributed by atoms with Crippen LogP contribution in [0.25, 0.3) is 5.65 Å². The molecule has 0 radical (unpaired) electrons. The van der Waals surface area contributed by atoms with Gasteiger partial charge in [-0.15, -0.1) is 0 Å². The topological polar surface area (TPSA) is 50.5 Å². The Kier molecular flexibility index (Phi) is 2.72. The summed E-state index contributed by atoms with van der Waals surface area (Å²) in [5.41, 5.74) is -3.25. The Balaban J connectivity index is 2.42. The lowest BCUT2D eigenvalue weighted by atomic mass is 9.88. The standard InChI is InChI=1S/C11H7ClF4N4O/c1-10(11(14,15)16)3-19(4-21)5-2-17-9-6(13)8(12)18-20(9)7(5)10/h2,4H,3H2,1H3. The van der Waals surface area contributed by atoms with E-state index in [4.69, 9.17) is 11.6 Å². The van der Waals surface area contributed by atoms with Crippen molar-refractivity contribution < 1.29 is 22.4 Å². The molecule has 3 heterocycles. The third-order valence-electron chi connectivity index (χ3n) is 3.60. The van der Waals surface area contributed by atoms with Gasteiger partial charge in [0.15, 0.2) is 10.8 Å². The molecule has 3 rings (SSSR count). The molecule has 0 aromatic carbocycles. The molecule has 2 aromatic heterocycles. The van der Waals surface area contributed by atoms with Gasteiger partial charge in [0.25, 0.3) is 0 Å². The first-order valence-corrected chi connectivity index (χ1v) is 6.10. The number of hydrogen-bond acceptors (Lipinski definition) is 3. The predicted octanol–water partition coefficient (Wildman–Crippen LogP) is 2.32. The smallest absolute Gasteiger partial charge is 0.311 e. The minimum atomic E-state index is -4.66. The molecule has 5 nitrogen and oxygen atoms in total. The minimum absolute atomic E-state index is 0.0727. The van der Waals surface area contributed by atoms with Gasteiger partial charge in [0.05, 0.1) is 17.6 Å². The number of halogens is 5. The van der Waals surface area contributed by atoms with E-state index in [0.717, 1.165) is 18.0 Å². The molecule has 1 atom stereocenters. The van der Waals surface area contributed by atoms with Gasteiger partial charge in [0.1, 0.15) is 5.41 Å². The maximum atomic E-state index is 13.7. The van der Waals surface area contributed by atoms with Crippen molar-refractivity contribution in [3.63, 3.8) is 0 Å². The SMILES string of the molecule is CC1(C(F)(F)F)CN(C=O)c2cnc3c(F)c(Cl)nn3c21. The highest BCUT2D eigenvalue weighted by Gasteiger charge is 2.59. The van der Waals surface area contributed by atoms with Crippen LogP contribution in [0.4, 0.5) is 23.2 Å². The van der Waals surface area contributed by atoms with Gasteiger partial charge >= 0.3 is 6.18 Å². The highest BCUT2D eigenvalue weighted by molar-refractivity contribution is 6.29. The number of alkyl halides is 3. The fourth-order valence-corrected chi connectivity index (χ4v) is 2.63. The van der Waals surface area contributed by atoms with Crippen LogP contribution in [0.15, 0.2) is 6.20 Å². The van der Waals surface area contributed by atoms with Crippen LogP contribution in [-0.4, -0.2) is 33.7 Å². The highest BCUT2D eigenvalue weighted by atomic mass is 35.5. The Bertz CT molecular complexity index is 759. The van der Waals surface area contributed by atoms with Crippen molar-refractivity contribution in [3.8, 4) is 0 Å². The maximum Gasteiger partial charge on any atom is 0.401 e. The zero-order chi connectivity index (χ0) is 15.6. The third-order valence-corrected chi connectivity index (χ3v) is 3.84. The van der Waals surface area contributed by atoms with E-state index in [1.165, 1.54) is 0 Å². The fourth-order valence-electron chi connectivity index (χ4n) is 2.47. The van der Waals surface area contributed by atoms with Crippen molar-refractivity contribution in [1.29, 1.82) is 0 Å². The van der Waals surface area contributed by atoms with Crippen molar-refractivity contribution in [2.24, 2.45) is 0 Å². The molecule has 21 heavy (non-hydrogen) atoms. The molecule has 0 saturated carbocycles. The molecular formula is C11H7ClF4N4O. The summed E-state index contributed by atoms with van der Waals surface area (Å²) in [6.45, 7) is 0.289. The summed E-state index contributed by atoms with van der Waals surface area (Å²) in [6.07, 6.45) is -3.38.